The highest BCUT2D eigenvalue weighted by Gasteiger charge is 2.41. The zero-order chi connectivity index (χ0) is 31.7. The minimum atomic E-state index is -1.32. The topological polar surface area (TPSA) is 142 Å². The average Bonchev–Trinajstić information content (AvgIpc) is 2.97. The lowest BCUT2D eigenvalue weighted by Gasteiger charge is -2.41. The van der Waals surface area contributed by atoms with E-state index in [1.54, 1.807) is 24.3 Å². The van der Waals surface area contributed by atoms with Crippen LogP contribution in [0.1, 0.15) is 48.5 Å². The van der Waals surface area contributed by atoms with Gasteiger partial charge >= 0.3 is 0 Å². The van der Waals surface area contributed by atoms with Crippen LogP contribution in [-0.4, -0.2) is 77.5 Å². The molecule has 0 saturated heterocycles. The van der Waals surface area contributed by atoms with Gasteiger partial charge in [0.25, 0.3) is 0 Å². The second-order valence-corrected chi connectivity index (χ2v) is 12.0. The SMILES string of the molecule is COc1cc(C=O)cc(I)c1O[C@H]1C=C(C(=O)NCCO)C[C@@H](N(Cc2ccc(Cl)cc2Cl)C(=O)CCCC(C)=O)[C@@H]1O. The number of carbonyl (C=O) groups excluding carboxylic acids is 4. The number of rotatable bonds is 14. The first-order valence-electron chi connectivity index (χ1n) is 13.5. The Bertz CT molecular complexity index is 1390. The predicted molar refractivity (Wildman–Crippen MR) is 170 cm³/mol. The molecule has 43 heavy (non-hydrogen) atoms. The first kappa shape index (κ1) is 34.8. The second kappa shape index (κ2) is 16.4. The van der Waals surface area contributed by atoms with Crippen LogP contribution in [0.5, 0.6) is 11.5 Å². The van der Waals surface area contributed by atoms with Gasteiger partial charge in [0, 0.05) is 53.5 Å². The van der Waals surface area contributed by atoms with Gasteiger partial charge in [-0.3, -0.25) is 14.4 Å². The molecule has 13 heteroatoms. The molecule has 3 atom stereocenters. The molecular weight excluding hydrogens is 714 g/mol. The maximum absolute atomic E-state index is 13.7. The van der Waals surface area contributed by atoms with E-state index in [1.807, 2.05) is 22.6 Å². The molecule has 1 aliphatic rings. The van der Waals surface area contributed by atoms with Gasteiger partial charge in [-0.05, 0) is 71.8 Å². The Morgan fingerprint density at radius 1 is 1.19 bits per heavy atom. The molecule has 0 aromatic heterocycles. The average molecular weight is 747 g/mol. The van der Waals surface area contributed by atoms with E-state index in [0.717, 1.165) is 0 Å². The molecular formula is C30H33Cl2IN2O8. The smallest absolute Gasteiger partial charge is 0.247 e. The van der Waals surface area contributed by atoms with Crippen molar-refractivity contribution in [3.63, 3.8) is 0 Å². The first-order valence-corrected chi connectivity index (χ1v) is 15.3. The zero-order valence-electron chi connectivity index (χ0n) is 23.6. The molecule has 0 bridgehead atoms. The summed E-state index contributed by atoms with van der Waals surface area (Å²) in [6, 6.07) is 6.99. The van der Waals surface area contributed by atoms with Crippen LogP contribution in [0, 0.1) is 3.57 Å². The third-order valence-corrected chi connectivity index (χ3v) is 8.24. The first-order chi connectivity index (χ1) is 20.5. The van der Waals surface area contributed by atoms with E-state index in [-0.39, 0.29) is 67.7 Å². The van der Waals surface area contributed by atoms with E-state index < -0.39 is 24.2 Å². The summed E-state index contributed by atoms with van der Waals surface area (Å²) in [4.78, 5) is 51.2. The number of Topliss-reactive ketones (excluding diaryl/α,β-unsaturated/α-hetero) is 1. The van der Waals surface area contributed by atoms with E-state index in [0.29, 0.717) is 37.4 Å². The van der Waals surface area contributed by atoms with Gasteiger partial charge in [0.1, 0.15) is 24.3 Å². The molecule has 0 radical (unpaired) electrons. The van der Waals surface area contributed by atoms with E-state index in [9.17, 15) is 29.4 Å². The monoisotopic (exact) mass is 746 g/mol. The molecule has 1 aliphatic carbocycles. The largest absolute Gasteiger partial charge is 0.493 e. The summed E-state index contributed by atoms with van der Waals surface area (Å²) in [5, 5.41) is 24.3. The Balaban J connectivity index is 2.06. The number of ether oxygens (including phenoxy) is 2. The fourth-order valence-electron chi connectivity index (χ4n) is 4.69. The maximum atomic E-state index is 13.7. The van der Waals surface area contributed by atoms with Gasteiger partial charge in [-0.25, -0.2) is 0 Å². The predicted octanol–water partition coefficient (Wildman–Crippen LogP) is 4.12. The zero-order valence-corrected chi connectivity index (χ0v) is 27.3. The van der Waals surface area contributed by atoms with Gasteiger partial charge in [-0.2, -0.15) is 0 Å². The number of aliphatic hydroxyl groups excluding tert-OH is 2. The van der Waals surface area contributed by atoms with Gasteiger partial charge in [-0.1, -0.05) is 29.3 Å². The maximum Gasteiger partial charge on any atom is 0.247 e. The van der Waals surface area contributed by atoms with Gasteiger partial charge in [-0.15, -0.1) is 0 Å². The Kier molecular flexibility index (Phi) is 13.3. The number of benzene rings is 2. The molecule has 0 saturated carbocycles. The molecule has 3 N–H and O–H groups in total. The molecule has 2 aromatic carbocycles. The van der Waals surface area contributed by atoms with Gasteiger partial charge < -0.3 is 34.7 Å². The van der Waals surface area contributed by atoms with Crippen molar-refractivity contribution in [1.29, 1.82) is 0 Å². The van der Waals surface area contributed by atoms with Crippen molar-refractivity contribution in [2.45, 2.75) is 57.4 Å². The Labute approximate surface area is 273 Å². The normalized spacial score (nSPS) is 17.9. The van der Waals surface area contributed by atoms with E-state index >= 15 is 0 Å². The Morgan fingerprint density at radius 2 is 1.93 bits per heavy atom. The quantitative estimate of drug-likeness (QED) is 0.194. The van der Waals surface area contributed by atoms with Crippen molar-refractivity contribution in [3.05, 3.63) is 66.7 Å². The van der Waals surface area contributed by atoms with Crippen molar-refractivity contribution < 1.29 is 38.9 Å². The summed E-state index contributed by atoms with van der Waals surface area (Å²) in [5.74, 6) is -0.417. The second-order valence-electron chi connectivity index (χ2n) is 9.98. The van der Waals surface area contributed by atoms with Gasteiger partial charge in [0.05, 0.1) is 23.3 Å². The van der Waals surface area contributed by atoms with Crippen LogP contribution in [0.15, 0.2) is 42.0 Å². The standard InChI is InChI=1S/C30H33Cl2IN2O8/c1-17(38)4-3-5-27(39)35(15-19-6-7-21(31)14-22(19)32)24-12-20(30(41)34-8-9-36)13-25(28(24)40)43-29-23(33)10-18(16-37)11-26(29)42-2/h6-7,10-11,13-14,16,24-25,28,36,40H,3-5,8-9,12,15H2,1-2H3,(H,34,41)/t24-,25+,28+/m1/s1. The van der Waals surface area contributed by atoms with E-state index in [1.165, 1.54) is 31.1 Å². The van der Waals surface area contributed by atoms with Crippen LogP contribution >= 0.6 is 45.8 Å². The molecule has 0 unspecified atom stereocenters. The number of ketones is 1. The van der Waals surface area contributed by atoms with Crippen LogP contribution in [0.3, 0.4) is 0 Å². The molecule has 3 rings (SSSR count). The minimum Gasteiger partial charge on any atom is -0.493 e. The lowest BCUT2D eigenvalue weighted by atomic mass is 9.87. The van der Waals surface area contributed by atoms with Gasteiger partial charge in [0.2, 0.25) is 11.8 Å². The summed E-state index contributed by atoms with van der Waals surface area (Å²) >= 11 is 14.5. The highest BCUT2D eigenvalue weighted by Crippen LogP contribution is 2.37. The number of carbonyl (C=O) groups is 4. The summed E-state index contributed by atoms with van der Waals surface area (Å²) in [5.41, 5.74) is 1.16. The number of hydrogen-bond donors (Lipinski definition) is 3. The third-order valence-electron chi connectivity index (χ3n) is 6.85. The highest BCUT2D eigenvalue weighted by molar-refractivity contribution is 14.1. The van der Waals surface area contributed by atoms with Crippen LogP contribution < -0.4 is 14.8 Å². The molecule has 232 valence electrons. The number of halogens is 3. The summed E-state index contributed by atoms with van der Waals surface area (Å²) in [6.07, 6.45) is 0.221. The highest BCUT2D eigenvalue weighted by atomic mass is 127. The number of amides is 2. The fourth-order valence-corrected chi connectivity index (χ4v) is 5.91. The van der Waals surface area contributed by atoms with Crippen LogP contribution in [0.4, 0.5) is 0 Å². The molecule has 2 aromatic rings. The molecule has 0 fully saturated rings. The van der Waals surface area contributed by atoms with Crippen LogP contribution in [-0.2, 0) is 20.9 Å². The summed E-state index contributed by atoms with van der Waals surface area (Å²) < 4.78 is 12.2. The van der Waals surface area contributed by atoms with Crippen molar-refractivity contribution >= 4 is 69.7 Å². The van der Waals surface area contributed by atoms with E-state index in [4.69, 9.17) is 32.7 Å². The fraction of sp³-hybridized carbons (Fsp3) is 0.400. The summed E-state index contributed by atoms with van der Waals surface area (Å²) in [6.45, 7) is 1.16. The number of aliphatic hydroxyl groups is 2. The third kappa shape index (κ3) is 9.39. The number of hydrogen-bond acceptors (Lipinski definition) is 8. The number of aldehydes is 1. The molecule has 10 nitrogen and oxygen atoms in total. The Morgan fingerprint density at radius 3 is 2.56 bits per heavy atom. The number of methoxy groups -OCH3 is 1. The number of nitrogens with zero attached hydrogens (tertiary/aromatic N) is 1. The van der Waals surface area contributed by atoms with Crippen molar-refractivity contribution in [2.24, 2.45) is 0 Å². The van der Waals surface area contributed by atoms with Crippen molar-refractivity contribution in [2.75, 3.05) is 20.3 Å². The lowest BCUT2D eigenvalue weighted by molar-refractivity contribution is -0.139. The van der Waals surface area contributed by atoms with Crippen molar-refractivity contribution in [1.82, 2.24) is 10.2 Å². The molecule has 2 amide bonds. The number of nitrogens with one attached hydrogen (secondary N) is 1. The summed E-state index contributed by atoms with van der Waals surface area (Å²) in [7, 11) is 1.41. The molecule has 0 spiro atoms. The lowest BCUT2D eigenvalue weighted by Crippen LogP contribution is -2.54. The minimum absolute atomic E-state index is 0.00186. The Hall–Kier alpha value is -2.71. The van der Waals surface area contributed by atoms with Crippen LogP contribution in [0.25, 0.3) is 0 Å². The van der Waals surface area contributed by atoms with Gasteiger partial charge in [0.15, 0.2) is 11.5 Å². The molecule has 0 aliphatic heterocycles. The van der Waals surface area contributed by atoms with E-state index in [2.05, 4.69) is 5.32 Å². The van der Waals surface area contributed by atoms with Crippen molar-refractivity contribution in [3.8, 4) is 11.5 Å². The molecule has 0 heterocycles. The van der Waals surface area contributed by atoms with Crippen LogP contribution in [0.2, 0.25) is 10.0 Å².